The molecule has 0 aliphatic carbocycles. The van der Waals surface area contributed by atoms with Gasteiger partial charge in [-0.15, -0.1) is 0 Å². The zero-order valence-electron chi connectivity index (χ0n) is 16.8. The van der Waals surface area contributed by atoms with E-state index in [0.29, 0.717) is 24.9 Å². The van der Waals surface area contributed by atoms with Crippen LogP contribution in [0.15, 0.2) is 78.9 Å². The van der Waals surface area contributed by atoms with Crippen molar-refractivity contribution in [2.75, 3.05) is 6.61 Å². The van der Waals surface area contributed by atoms with Gasteiger partial charge in [0, 0.05) is 0 Å². The Morgan fingerprint density at radius 1 is 0.862 bits per heavy atom. The quantitative estimate of drug-likeness (QED) is 0.468. The van der Waals surface area contributed by atoms with Crippen molar-refractivity contribution >= 4 is 11.0 Å². The lowest BCUT2D eigenvalue weighted by molar-refractivity contribution is 0.201. The lowest BCUT2D eigenvalue weighted by Crippen LogP contribution is -2.14. The lowest BCUT2D eigenvalue weighted by atomic mass is 10.0. The summed E-state index contributed by atoms with van der Waals surface area (Å²) in [7, 11) is 0. The fourth-order valence-corrected chi connectivity index (χ4v) is 3.53. The highest BCUT2D eigenvalue weighted by atomic mass is 16.5. The molecule has 0 amide bonds. The van der Waals surface area contributed by atoms with Crippen LogP contribution in [0, 0.1) is 0 Å². The van der Waals surface area contributed by atoms with Crippen LogP contribution >= 0.6 is 0 Å². The summed E-state index contributed by atoms with van der Waals surface area (Å²) in [5.74, 6) is 1.99. The molecular formula is C25H26N2O2. The highest BCUT2D eigenvalue weighted by Crippen LogP contribution is 2.26. The van der Waals surface area contributed by atoms with E-state index in [2.05, 4.69) is 30.5 Å². The average molecular weight is 386 g/mol. The van der Waals surface area contributed by atoms with Crippen molar-refractivity contribution in [2.45, 2.75) is 32.4 Å². The van der Waals surface area contributed by atoms with Gasteiger partial charge in [0.15, 0.2) is 0 Å². The van der Waals surface area contributed by atoms with Gasteiger partial charge >= 0.3 is 0 Å². The second-order valence-electron chi connectivity index (χ2n) is 7.50. The number of nitrogens with zero attached hydrogens (tertiary/aromatic N) is 2. The number of rotatable bonds is 7. The van der Waals surface area contributed by atoms with Gasteiger partial charge < -0.3 is 14.4 Å². The third-order valence-electron chi connectivity index (χ3n) is 5.17. The molecule has 4 aromatic rings. The summed E-state index contributed by atoms with van der Waals surface area (Å²) in [5.41, 5.74) is 4.00. The van der Waals surface area contributed by atoms with Gasteiger partial charge in [-0.25, -0.2) is 4.98 Å². The van der Waals surface area contributed by atoms with E-state index in [1.165, 1.54) is 5.56 Å². The number of imidazole rings is 1. The first-order chi connectivity index (χ1) is 14.1. The number of aromatic nitrogens is 2. The minimum atomic E-state index is -0.783. The minimum Gasteiger partial charge on any atom is -0.492 e. The summed E-state index contributed by atoms with van der Waals surface area (Å²) in [6.45, 7) is 5.46. The molecule has 1 heterocycles. The highest BCUT2D eigenvalue weighted by molar-refractivity contribution is 5.76. The van der Waals surface area contributed by atoms with E-state index in [1.54, 1.807) is 0 Å². The van der Waals surface area contributed by atoms with E-state index in [9.17, 15) is 5.11 Å². The first-order valence-electron chi connectivity index (χ1n) is 10.0. The van der Waals surface area contributed by atoms with Crippen LogP contribution in [0.3, 0.4) is 0 Å². The van der Waals surface area contributed by atoms with Crippen LogP contribution in [0.4, 0.5) is 0 Å². The molecule has 3 aromatic carbocycles. The number of hydrogen-bond acceptors (Lipinski definition) is 3. The molecule has 1 unspecified atom stereocenters. The largest absolute Gasteiger partial charge is 0.492 e. The Hall–Kier alpha value is -3.11. The molecule has 1 aromatic heterocycles. The van der Waals surface area contributed by atoms with Crippen LogP contribution in [-0.4, -0.2) is 21.3 Å². The smallest absolute Gasteiger partial charge is 0.143 e. The van der Waals surface area contributed by atoms with E-state index in [-0.39, 0.29) is 0 Å². The molecule has 1 N–H and O–H groups in total. The van der Waals surface area contributed by atoms with Gasteiger partial charge in [0.1, 0.15) is 24.3 Å². The molecule has 4 nitrogen and oxygen atoms in total. The number of aliphatic hydroxyl groups excluding tert-OH is 1. The number of fused-ring (bicyclic) bond motifs is 1. The van der Waals surface area contributed by atoms with Crippen molar-refractivity contribution in [1.82, 2.24) is 9.55 Å². The SMILES string of the molecule is CC(C)c1ccc(OCCn2c(C(O)c3ccccc3)nc3ccccc32)cc1. The summed E-state index contributed by atoms with van der Waals surface area (Å²) in [6, 6.07) is 25.8. The molecule has 29 heavy (non-hydrogen) atoms. The van der Waals surface area contributed by atoms with Crippen LogP contribution in [-0.2, 0) is 6.54 Å². The third kappa shape index (κ3) is 4.17. The summed E-state index contributed by atoms with van der Waals surface area (Å²) in [4.78, 5) is 4.70. The molecule has 148 valence electrons. The summed E-state index contributed by atoms with van der Waals surface area (Å²) in [6.07, 6.45) is -0.783. The Bertz CT molecular complexity index is 1070. The van der Waals surface area contributed by atoms with E-state index in [0.717, 1.165) is 22.3 Å². The first-order valence-corrected chi connectivity index (χ1v) is 10.0. The normalized spacial score (nSPS) is 12.4. The first kappa shape index (κ1) is 19.2. The molecule has 0 radical (unpaired) electrons. The van der Waals surface area contributed by atoms with Gasteiger partial charge in [-0.2, -0.15) is 0 Å². The Morgan fingerprint density at radius 3 is 2.28 bits per heavy atom. The maximum absolute atomic E-state index is 10.9. The van der Waals surface area contributed by atoms with Gasteiger partial charge in [0.25, 0.3) is 0 Å². The van der Waals surface area contributed by atoms with E-state index in [4.69, 9.17) is 9.72 Å². The molecule has 0 saturated carbocycles. The molecule has 4 heteroatoms. The van der Waals surface area contributed by atoms with E-state index >= 15 is 0 Å². The Labute approximate surface area is 171 Å². The minimum absolute atomic E-state index is 0.496. The zero-order valence-corrected chi connectivity index (χ0v) is 16.8. The molecule has 0 saturated heterocycles. The molecule has 0 aliphatic heterocycles. The average Bonchev–Trinajstić information content (AvgIpc) is 3.13. The number of ether oxygens (including phenoxy) is 1. The van der Waals surface area contributed by atoms with Gasteiger partial charge in [0.2, 0.25) is 0 Å². The predicted octanol–water partition coefficient (Wildman–Crippen LogP) is 5.32. The van der Waals surface area contributed by atoms with Crippen molar-refractivity contribution in [3.63, 3.8) is 0 Å². The summed E-state index contributed by atoms with van der Waals surface area (Å²) in [5, 5.41) is 10.9. The van der Waals surface area contributed by atoms with Crippen LogP contribution in [0.25, 0.3) is 11.0 Å². The zero-order chi connectivity index (χ0) is 20.2. The number of benzene rings is 3. The standard InChI is InChI=1S/C25H26N2O2/c1-18(2)19-12-14-21(15-13-19)29-17-16-27-23-11-7-6-10-22(23)26-25(27)24(28)20-8-4-3-5-9-20/h3-15,18,24,28H,16-17H2,1-2H3. The highest BCUT2D eigenvalue weighted by Gasteiger charge is 2.19. The van der Waals surface area contributed by atoms with Gasteiger partial charge in [-0.3, -0.25) is 0 Å². The number of hydrogen-bond donors (Lipinski definition) is 1. The van der Waals surface area contributed by atoms with Crippen LogP contribution in [0.1, 0.15) is 42.8 Å². The summed E-state index contributed by atoms with van der Waals surface area (Å²) < 4.78 is 8.02. The molecule has 4 rings (SSSR count). The monoisotopic (exact) mass is 386 g/mol. The Balaban J connectivity index is 1.56. The van der Waals surface area contributed by atoms with E-state index < -0.39 is 6.10 Å². The fraction of sp³-hybridized carbons (Fsp3) is 0.240. The lowest BCUT2D eigenvalue weighted by Gasteiger charge is -2.15. The molecule has 1 atom stereocenters. The molecule has 0 fully saturated rings. The second kappa shape index (κ2) is 8.50. The van der Waals surface area contributed by atoms with Crippen molar-refractivity contribution < 1.29 is 9.84 Å². The summed E-state index contributed by atoms with van der Waals surface area (Å²) >= 11 is 0. The van der Waals surface area contributed by atoms with Gasteiger partial charge in [0.05, 0.1) is 17.6 Å². The maximum Gasteiger partial charge on any atom is 0.143 e. The third-order valence-corrected chi connectivity index (χ3v) is 5.17. The second-order valence-corrected chi connectivity index (χ2v) is 7.50. The van der Waals surface area contributed by atoms with Crippen molar-refractivity contribution in [1.29, 1.82) is 0 Å². The molecular weight excluding hydrogens is 360 g/mol. The number of para-hydroxylation sites is 2. The fourth-order valence-electron chi connectivity index (χ4n) is 3.53. The molecule has 0 bridgehead atoms. The van der Waals surface area contributed by atoms with E-state index in [1.807, 2.05) is 66.7 Å². The Kier molecular flexibility index (Phi) is 5.63. The van der Waals surface area contributed by atoms with Crippen molar-refractivity contribution in [3.05, 3.63) is 95.8 Å². The molecule has 0 spiro atoms. The predicted molar refractivity (Wildman–Crippen MR) is 116 cm³/mol. The van der Waals surface area contributed by atoms with Crippen molar-refractivity contribution in [3.8, 4) is 5.75 Å². The van der Waals surface area contributed by atoms with Gasteiger partial charge in [-0.05, 0) is 41.3 Å². The topological polar surface area (TPSA) is 47.3 Å². The number of aliphatic hydroxyl groups is 1. The molecule has 0 aliphatic rings. The Morgan fingerprint density at radius 2 is 1.55 bits per heavy atom. The van der Waals surface area contributed by atoms with Crippen LogP contribution < -0.4 is 4.74 Å². The van der Waals surface area contributed by atoms with Crippen molar-refractivity contribution in [2.24, 2.45) is 0 Å². The van der Waals surface area contributed by atoms with Crippen LogP contribution in [0.5, 0.6) is 5.75 Å². The van der Waals surface area contributed by atoms with Gasteiger partial charge in [-0.1, -0.05) is 68.4 Å². The maximum atomic E-state index is 10.9. The van der Waals surface area contributed by atoms with Crippen LogP contribution in [0.2, 0.25) is 0 Å².